The maximum atomic E-state index is 12.8. The number of hydrogen-bond acceptors (Lipinski definition) is 7. The normalized spacial score (nSPS) is 19.5. The van der Waals surface area contributed by atoms with Crippen molar-refractivity contribution in [3.8, 4) is 11.3 Å². The molecule has 2 saturated heterocycles. The number of amides is 2. The Labute approximate surface area is 190 Å². The van der Waals surface area contributed by atoms with Crippen LogP contribution in [0.2, 0.25) is 0 Å². The summed E-state index contributed by atoms with van der Waals surface area (Å²) >= 11 is 1.37. The van der Waals surface area contributed by atoms with Crippen LogP contribution in [0.15, 0.2) is 48.1 Å². The third-order valence-electron chi connectivity index (χ3n) is 6.13. The molecule has 0 bridgehead atoms. The van der Waals surface area contributed by atoms with Crippen LogP contribution in [0.3, 0.4) is 0 Å². The molecular weight excluding hydrogens is 424 g/mol. The average molecular weight is 449 g/mol. The van der Waals surface area contributed by atoms with Crippen LogP contribution in [-0.4, -0.2) is 75.3 Å². The van der Waals surface area contributed by atoms with E-state index in [1.807, 2.05) is 47.5 Å². The van der Waals surface area contributed by atoms with Crippen LogP contribution in [0.1, 0.15) is 21.9 Å². The van der Waals surface area contributed by atoms with Gasteiger partial charge in [0, 0.05) is 74.2 Å². The summed E-state index contributed by atoms with van der Waals surface area (Å²) in [4.78, 5) is 44.6. The Kier molecular flexibility index (Phi) is 5.67. The second-order valence-electron chi connectivity index (χ2n) is 8.05. The van der Waals surface area contributed by atoms with E-state index in [0.717, 1.165) is 30.0 Å². The fourth-order valence-corrected chi connectivity index (χ4v) is 4.99. The summed E-state index contributed by atoms with van der Waals surface area (Å²) < 4.78 is 0. The predicted octanol–water partition coefficient (Wildman–Crippen LogP) is 2.47. The van der Waals surface area contributed by atoms with E-state index in [9.17, 15) is 9.59 Å². The molecule has 9 heteroatoms. The van der Waals surface area contributed by atoms with Gasteiger partial charge in [0.05, 0.1) is 5.69 Å². The first-order chi connectivity index (χ1) is 15.6. The second-order valence-corrected chi connectivity index (χ2v) is 8.94. The second kappa shape index (κ2) is 8.76. The number of hydrogen-bond donors (Lipinski definition) is 0. The van der Waals surface area contributed by atoms with Gasteiger partial charge in [0.15, 0.2) is 5.01 Å². The van der Waals surface area contributed by atoms with E-state index in [2.05, 4.69) is 14.9 Å². The highest BCUT2D eigenvalue weighted by molar-refractivity contribution is 7.11. The molecule has 0 radical (unpaired) electrons. The summed E-state index contributed by atoms with van der Waals surface area (Å²) in [6.07, 6.45) is 3.89. The minimum Gasteiger partial charge on any atom is -0.334 e. The van der Waals surface area contributed by atoms with Crippen molar-refractivity contribution in [3.05, 3.63) is 58.8 Å². The van der Waals surface area contributed by atoms with Gasteiger partial charge in [-0.15, -0.1) is 11.3 Å². The van der Waals surface area contributed by atoms with E-state index in [-0.39, 0.29) is 17.9 Å². The third-order valence-corrected chi connectivity index (χ3v) is 6.89. The number of thiazole rings is 1. The first-order valence-corrected chi connectivity index (χ1v) is 11.6. The molecule has 2 fully saturated rings. The van der Waals surface area contributed by atoms with Crippen molar-refractivity contribution in [1.82, 2.24) is 24.8 Å². The van der Waals surface area contributed by atoms with E-state index in [1.54, 1.807) is 17.3 Å². The molecule has 0 aromatic carbocycles. The van der Waals surface area contributed by atoms with Crippen LogP contribution >= 0.6 is 11.3 Å². The van der Waals surface area contributed by atoms with Crippen LogP contribution < -0.4 is 4.90 Å². The first kappa shape index (κ1) is 20.7. The summed E-state index contributed by atoms with van der Waals surface area (Å²) in [5, 5.41) is 2.36. The number of pyridine rings is 2. The highest BCUT2D eigenvalue weighted by Crippen LogP contribution is 2.27. The Morgan fingerprint density at radius 3 is 2.66 bits per heavy atom. The lowest BCUT2D eigenvalue weighted by Crippen LogP contribution is -2.52. The highest BCUT2D eigenvalue weighted by atomic mass is 32.1. The molecule has 5 heterocycles. The number of carbonyl (C=O) groups excluding carboxylic acids is 2. The van der Waals surface area contributed by atoms with Gasteiger partial charge >= 0.3 is 0 Å². The van der Waals surface area contributed by atoms with Gasteiger partial charge in [0.25, 0.3) is 5.91 Å². The summed E-state index contributed by atoms with van der Waals surface area (Å²) in [5.74, 6) is 0.759. The molecule has 0 spiro atoms. The SMILES string of the molecule is Cc1ncccc1-c1cccc(N2CC(N3CCN(C(=O)c4nccs4)CC3)CC2=O)n1. The van der Waals surface area contributed by atoms with Gasteiger partial charge in [-0.1, -0.05) is 6.07 Å². The zero-order valence-corrected chi connectivity index (χ0v) is 18.7. The smallest absolute Gasteiger partial charge is 0.282 e. The van der Waals surface area contributed by atoms with E-state index >= 15 is 0 Å². The number of aromatic nitrogens is 3. The zero-order chi connectivity index (χ0) is 22.1. The molecule has 5 rings (SSSR count). The number of rotatable bonds is 4. The summed E-state index contributed by atoms with van der Waals surface area (Å²) in [6, 6.07) is 9.80. The Balaban J connectivity index is 1.25. The lowest BCUT2D eigenvalue weighted by molar-refractivity contribution is -0.117. The minimum absolute atomic E-state index is 0.00418. The van der Waals surface area contributed by atoms with E-state index in [0.29, 0.717) is 36.9 Å². The Hall–Kier alpha value is -3.17. The van der Waals surface area contributed by atoms with Gasteiger partial charge in [-0.2, -0.15) is 0 Å². The van der Waals surface area contributed by atoms with Crippen molar-refractivity contribution < 1.29 is 9.59 Å². The Morgan fingerprint density at radius 2 is 1.91 bits per heavy atom. The monoisotopic (exact) mass is 448 g/mol. The minimum atomic E-state index is -0.00418. The molecule has 8 nitrogen and oxygen atoms in total. The van der Waals surface area contributed by atoms with Gasteiger partial charge in [-0.05, 0) is 31.2 Å². The van der Waals surface area contributed by atoms with Gasteiger partial charge in [-0.25, -0.2) is 9.97 Å². The first-order valence-electron chi connectivity index (χ1n) is 10.7. The molecule has 1 unspecified atom stereocenters. The van der Waals surface area contributed by atoms with Crippen molar-refractivity contribution in [3.63, 3.8) is 0 Å². The van der Waals surface area contributed by atoms with Crippen LogP contribution in [-0.2, 0) is 4.79 Å². The van der Waals surface area contributed by atoms with E-state index in [1.165, 1.54) is 11.3 Å². The molecule has 3 aromatic rings. The van der Waals surface area contributed by atoms with Crippen LogP contribution in [0.25, 0.3) is 11.3 Å². The number of carbonyl (C=O) groups is 2. The Bertz CT molecular complexity index is 1130. The molecule has 2 aliphatic heterocycles. The predicted molar refractivity (Wildman–Crippen MR) is 123 cm³/mol. The van der Waals surface area contributed by atoms with Crippen LogP contribution in [0.4, 0.5) is 5.82 Å². The van der Waals surface area contributed by atoms with Crippen molar-refractivity contribution in [1.29, 1.82) is 0 Å². The lowest BCUT2D eigenvalue weighted by atomic mass is 10.1. The van der Waals surface area contributed by atoms with Gasteiger partial charge < -0.3 is 4.90 Å². The van der Waals surface area contributed by atoms with Crippen molar-refractivity contribution >= 4 is 29.0 Å². The van der Waals surface area contributed by atoms with Gasteiger partial charge in [0.1, 0.15) is 5.82 Å². The zero-order valence-electron chi connectivity index (χ0n) is 17.8. The summed E-state index contributed by atoms with van der Waals surface area (Å²) in [7, 11) is 0. The molecule has 3 aromatic heterocycles. The van der Waals surface area contributed by atoms with E-state index < -0.39 is 0 Å². The topological polar surface area (TPSA) is 82.5 Å². The standard InChI is InChI=1S/C23H24N6O2S/c1-16-18(4-3-7-24-16)19-5-2-6-20(26-19)29-15-17(14-21(29)30)27-9-11-28(12-10-27)23(31)22-25-8-13-32-22/h2-8,13,17H,9-12,14-15H2,1H3. The molecule has 0 N–H and O–H groups in total. The molecule has 2 amide bonds. The van der Waals surface area contributed by atoms with Crippen LogP contribution in [0, 0.1) is 6.92 Å². The molecule has 0 saturated carbocycles. The van der Waals surface area contributed by atoms with E-state index in [4.69, 9.17) is 4.98 Å². The average Bonchev–Trinajstić information content (AvgIpc) is 3.49. The van der Waals surface area contributed by atoms with Gasteiger partial charge in [-0.3, -0.25) is 24.4 Å². The molecule has 1 atom stereocenters. The largest absolute Gasteiger partial charge is 0.334 e. The number of nitrogens with zero attached hydrogens (tertiary/aromatic N) is 6. The number of anilines is 1. The molecule has 0 aliphatic carbocycles. The number of aryl methyl sites for hydroxylation is 1. The molecule has 164 valence electrons. The maximum Gasteiger partial charge on any atom is 0.282 e. The Morgan fingerprint density at radius 1 is 1.06 bits per heavy atom. The van der Waals surface area contributed by atoms with Crippen molar-refractivity contribution in [2.45, 2.75) is 19.4 Å². The highest BCUT2D eigenvalue weighted by Gasteiger charge is 2.37. The quantitative estimate of drug-likeness (QED) is 0.610. The summed E-state index contributed by atoms with van der Waals surface area (Å²) in [5.41, 5.74) is 2.70. The van der Waals surface area contributed by atoms with Crippen LogP contribution in [0.5, 0.6) is 0 Å². The van der Waals surface area contributed by atoms with Crippen molar-refractivity contribution in [2.24, 2.45) is 0 Å². The molecule has 2 aliphatic rings. The summed E-state index contributed by atoms with van der Waals surface area (Å²) in [6.45, 7) is 5.38. The van der Waals surface area contributed by atoms with Gasteiger partial charge in [0.2, 0.25) is 5.91 Å². The fraction of sp³-hybridized carbons (Fsp3) is 0.348. The number of piperazine rings is 1. The van der Waals surface area contributed by atoms with Crippen molar-refractivity contribution in [2.75, 3.05) is 37.6 Å². The maximum absolute atomic E-state index is 12.8. The fourth-order valence-electron chi connectivity index (χ4n) is 4.39. The molecular formula is C23H24N6O2S. The lowest BCUT2D eigenvalue weighted by Gasteiger charge is -2.37. The molecule has 32 heavy (non-hydrogen) atoms. The third kappa shape index (κ3) is 4.01.